The molecule has 0 spiro atoms. The highest BCUT2D eigenvalue weighted by Crippen LogP contribution is 2.47. The van der Waals surface area contributed by atoms with Crippen LogP contribution in [-0.4, -0.2) is 92.3 Å². The molecular formula is C28H24N2O15S3. The van der Waals surface area contributed by atoms with Crippen molar-refractivity contribution in [3.8, 4) is 5.75 Å². The molecule has 0 unspecified atom stereocenters. The molecule has 6 rings (SSSR count). The second kappa shape index (κ2) is 11.6. The van der Waals surface area contributed by atoms with Crippen LogP contribution in [0.25, 0.3) is 32.3 Å². The normalized spacial score (nSPS) is 16.8. The van der Waals surface area contributed by atoms with E-state index in [0.29, 0.717) is 5.06 Å². The van der Waals surface area contributed by atoms with Crippen molar-refractivity contribution >= 4 is 86.4 Å². The van der Waals surface area contributed by atoms with Crippen LogP contribution in [0.4, 0.5) is 0 Å². The van der Waals surface area contributed by atoms with Crippen LogP contribution in [-0.2, 0) is 54.4 Å². The van der Waals surface area contributed by atoms with Crippen molar-refractivity contribution in [3.63, 3.8) is 0 Å². The van der Waals surface area contributed by atoms with Crippen molar-refractivity contribution < 1.29 is 67.7 Å². The first kappa shape index (κ1) is 33.4. The molecular weight excluding hydrogens is 701 g/mol. The lowest BCUT2D eigenvalue weighted by molar-refractivity contribution is -0.201. The average Bonchev–Trinajstić information content (AvgIpc) is 3.32. The first-order chi connectivity index (χ1) is 22.4. The van der Waals surface area contributed by atoms with Crippen LogP contribution in [0.3, 0.4) is 0 Å². The summed E-state index contributed by atoms with van der Waals surface area (Å²) in [6.45, 7) is -1.08. The highest BCUT2D eigenvalue weighted by molar-refractivity contribution is 7.87. The van der Waals surface area contributed by atoms with E-state index in [-0.39, 0.29) is 71.1 Å². The molecule has 2 aliphatic heterocycles. The summed E-state index contributed by atoms with van der Waals surface area (Å²) in [5, 5.41) is -0.336. The Morgan fingerprint density at radius 2 is 1.25 bits per heavy atom. The van der Waals surface area contributed by atoms with Gasteiger partial charge in [0.25, 0.3) is 48.1 Å². The third-order valence-electron chi connectivity index (χ3n) is 8.28. The average molecular weight is 725 g/mol. The molecule has 4 aromatic rings. The van der Waals surface area contributed by atoms with Crippen molar-refractivity contribution in [2.75, 3.05) is 19.7 Å². The Labute approximate surface area is 271 Å². The molecule has 20 heteroatoms. The number of rotatable bonds is 8. The van der Waals surface area contributed by atoms with Crippen LogP contribution >= 0.6 is 0 Å². The zero-order chi connectivity index (χ0) is 34.9. The van der Waals surface area contributed by atoms with E-state index in [2.05, 4.69) is 0 Å². The molecule has 2 fully saturated rings. The van der Waals surface area contributed by atoms with Gasteiger partial charge in [-0.1, -0.05) is 30.3 Å². The Morgan fingerprint density at radius 3 is 1.79 bits per heavy atom. The van der Waals surface area contributed by atoms with Gasteiger partial charge in [-0.3, -0.25) is 28.0 Å². The van der Waals surface area contributed by atoms with Gasteiger partial charge in [0.2, 0.25) is 0 Å². The van der Waals surface area contributed by atoms with Gasteiger partial charge in [-0.05, 0) is 29.7 Å². The lowest BCUT2D eigenvalue weighted by atomic mass is 9.94. The number of nitrogens with zero attached hydrogens (tertiary/aromatic N) is 2. The van der Waals surface area contributed by atoms with E-state index in [9.17, 15) is 58.1 Å². The monoisotopic (exact) mass is 724 g/mol. The van der Waals surface area contributed by atoms with Gasteiger partial charge in [0, 0.05) is 47.5 Å². The number of benzene rings is 4. The lowest BCUT2D eigenvalue weighted by Gasteiger charge is -2.31. The molecule has 3 N–H and O–H groups in total. The number of likely N-dealkylation sites (tertiary alicyclic amines) is 1. The Hall–Kier alpha value is -4.47. The minimum atomic E-state index is -5.38. The van der Waals surface area contributed by atoms with Crippen molar-refractivity contribution in [1.82, 2.24) is 9.96 Å². The molecule has 0 aliphatic carbocycles. The van der Waals surface area contributed by atoms with Gasteiger partial charge in [0.05, 0.1) is 5.92 Å². The molecule has 2 saturated heterocycles. The Morgan fingerprint density at radius 1 is 0.729 bits per heavy atom. The van der Waals surface area contributed by atoms with Gasteiger partial charge in [0.1, 0.15) is 14.7 Å². The molecule has 0 saturated carbocycles. The minimum absolute atomic E-state index is 0.0163. The quantitative estimate of drug-likeness (QED) is 0.132. The molecule has 0 aromatic heterocycles. The van der Waals surface area contributed by atoms with Gasteiger partial charge < -0.3 is 14.5 Å². The van der Waals surface area contributed by atoms with Gasteiger partial charge in [-0.2, -0.15) is 25.3 Å². The van der Waals surface area contributed by atoms with Gasteiger partial charge >= 0.3 is 5.97 Å². The van der Waals surface area contributed by atoms with E-state index in [4.69, 9.17) is 9.57 Å². The van der Waals surface area contributed by atoms with Crippen LogP contribution in [0.5, 0.6) is 5.75 Å². The maximum absolute atomic E-state index is 13.1. The molecule has 254 valence electrons. The fourth-order valence-corrected chi connectivity index (χ4v) is 8.57. The molecule has 2 aliphatic rings. The summed E-state index contributed by atoms with van der Waals surface area (Å²) in [4.78, 5) is 52.5. The number of hydrogen-bond donors (Lipinski definition) is 3. The van der Waals surface area contributed by atoms with Crippen LogP contribution in [0.2, 0.25) is 0 Å². The SMILES string of the molecule is O=C(ON1C(=O)CCC1=O)C1CCN(C(=O)COc2c(S(=O)(=O)O)c3ccc4ccc(S(=O)(=O)O)c5ccc(c2S(=O)(=O)O)c3c45)CC1. The number of carbonyl (C=O) groups excluding carboxylic acids is 4. The van der Waals surface area contributed by atoms with Crippen LogP contribution < -0.4 is 4.74 Å². The molecule has 0 atom stereocenters. The molecule has 0 radical (unpaired) electrons. The smallest absolute Gasteiger partial charge is 0.336 e. The first-order valence-corrected chi connectivity index (χ1v) is 18.4. The minimum Gasteiger partial charge on any atom is -0.481 e. The van der Waals surface area contributed by atoms with E-state index in [1.807, 2.05) is 0 Å². The van der Waals surface area contributed by atoms with Crippen molar-refractivity contribution in [1.29, 1.82) is 0 Å². The Bertz CT molecular complexity index is 2330. The topological polar surface area (TPSA) is 256 Å². The van der Waals surface area contributed by atoms with Gasteiger partial charge in [0.15, 0.2) is 12.4 Å². The number of hydrogen-bond acceptors (Lipinski definition) is 12. The van der Waals surface area contributed by atoms with Gasteiger partial charge in [-0.25, -0.2) is 4.79 Å². The Kier molecular flexibility index (Phi) is 8.08. The molecule has 48 heavy (non-hydrogen) atoms. The zero-order valence-corrected chi connectivity index (χ0v) is 26.8. The summed E-state index contributed by atoms with van der Waals surface area (Å²) in [7, 11) is -15.6. The van der Waals surface area contributed by atoms with Crippen LogP contribution in [0.1, 0.15) is 25.7 Å². The maximum atomic E-state index is 13.1. The number of amides is 3. The summed E-state index contributed by atoms with van der Waals surface area (Å²) >= 11 is 0. The van der Waals surface area contributed by atoms with Gasteiger partial charge in [-0.15, -0.1) is 5.06 Å². The highest BCUT2D eigenvalue weighted by Gasteiger charge is 2.37. The van der Waals surface area contributed by atoms with E-state index >= 15 is 0 Å². The van der Waals surface area contributed by atoms with Crippen molar-refractivity contribution in [2.24, 2.45) is 5.92 Å². The van der Waals surface area contributed by atoms with E-state index in [1.54, 1.807) is 0 Å². The molecule has 0 bridgehead atoms. The lowest BCUT2D eigenvalue weighted by Crippen LogP contribution is -2.44. The predicted octanol–water partition coefficient (Wildman–Crippen LogP) is 1.55. The number of carbonyl (C=O) groups is 4. The molecule has 4 aromatic carbocycles. The summed E-state index contributed by atoms with van der Waals surface area (Å²) < 4.78 is 111. The highest BCUT2D eigenvalue weighted by atomic mass is 32.2. The van der Waals surface area contributed by atoms with Crippen molar-refractivity contribution in [3.05, 3.63) is 36.4 Å². The predicted molar refractivity (Wildman–Crippen MR) is 162 cm³/mol. The first-order valence-electron chi connectivity index (χ1n) is 14.1. The summed E-state index contributed by atoms with van der Waals surface area (Å²) in [6, 6.07) is 7.09. The Balaban J connectivity index is 1.35. The summed E-state index contributed by atoms with van der Waals surface area (Å²) in [6.07, 6.45) is -0.0586. The van der Waals surface area contributed by atoms with E-state index < -0.39 is 87.0 Å². The summed E-state index contributed by atoms with van der Waals surface area (Å²) in [5.41, 5.74) is 0. The van der Waals surface area contributed by atoms with E-state index in [1.165, 1.54) is 23.1 Å². The standard InChI is InChI=1S/C28H24N2O15S3/c31-20-7-8-21(32)30(20)45-28(34)15-9-11-29(12-10-15)22(33)13-44-25-26(47(38,39)40)17-3-1-14-2-6-19(46(35,36)37)16-4-5-18(24(17)23(14)16)27(25)48(41,42)43/h1-6,15H,7-13H2,(H,35,36,37)(H,38,39,40)(H,41,42,43). The number of ether oxygens (including phenoxy) is 1. The number of imide groups is 1. The third kappa shape index (κ3) is 5.79. The fraction of sp³-hybridized carbons (Fsp3) is 0.286. The molecule has 3 amide bonds. The van der Waals surface area contributed by atoms with Crippen LogP contribution in [0.15, 0.2) is 51.1 Å². The second-order valence-corrected chi connectivity index (χ2v) is 15.3. The molecule has 2 heterocycles. The summed E-state index contributed by atoms with van der Waals surface area (Å²) in [5.74, 6) is -4.78. The number of piperidine rings is 1. The number of hydroxylamine groups is 2. The maximum Gasteiger partial charge on any atom is 0.336 e. The fourth-order valence-electron chi connectivity index (χ4n) is 6.13. The van der Waals surface area contributed by atoms with E-state index in [0.717, 1.165) is 18.2 Å². The largest absolute Gasteiger partial charge is 0.481 e. The second-order valence-electron chi connectivity index (χ2n) is 11.2. The third-order valence-corrected chi connectivity index (χ3v) is 11.0. The zero-order valence-electron chi connectivity index (χ0n) is 24.4. The van der Waals surface area contributed by atoms with Crippen LogP contribution in [0, 0.1) is 5.92 Å². The van der Waals surface area contributed by atoms with Crippen molar-refractivity contribution in [2.45, 2.75) is 40.4 Å². The molecule has 17 nitrogen and oxygen atoms in total.